The molecule has 3 heteroatoms. The Morgan fingerprint density at radius 3 is 3.00 bits per heavy atom. The van der Waals surface area contributed by atoms with E-state index < -0.39 is 0 Å². The number of hydrogen-bond acceptors (Lipinski definition) is 3. The lowest BCUT2D eigenvalue weighted by atomic mass is 10.3. The van der Waals surface area contributed by atoms with Crippen LogP contribution in [-0.4, -0.2) is 11.2 Å². The SMILES string of the molecule is CC=Nc1c(/C=C\C)oc2cccnc12. The molecule has 0 fully saturated rings. The van der Waals surface area contributed by atoms with Crippen molar-refractivity contribution in [3.63, 3.8) is 0 Å². The Morgan fingerprint density at radius 1 is 1.40 bits per heavy atom. The number of pyridine rings is 1. The van der Waals surface area contributed by atoms with Gasteiger partial charge in [-0.1, -0.05) is 6.08 Å². The molecule has 0 bridgehead atoms. The van der Waals surface area contributed by atoms with Crippen molar-refractivity contribution < 1.29 is 4.42 Å². The number of nitrogens with zero attached hydrogens (tertiary/aromatic N) is 2. The molecule has 0 saturated heterocycles. The lowest BCUT2D eigenvalue weighted by Gasteiger charge is -1.88. The number of aromatic nitrogens is 1. The highest BCUT2D eigenvalue weighted by molar-refractivity contribution is 5.91. The summed E-state index contributed by atoms with van der Waals surface area (Å²) in [5.41, 5.74) is 2.38. The first-order valence-electron chi connectivity index (χ1n) is 4.85. The van der Waals surface area contributed by atoms with E-state index in [-0.39, 0.29) is 0 Å². The summed E-state index contributed by atoms with van der Waals surface area (Å²) < 4.78 is 5.63. The first-order chi connectivity index (χ1) is 7.36. The van der Waals surface area contributed by atoms with Gasteiger partial charge in [0.05, 0.1) is 0 Å². The molecule has 0 aliphatic rings. The number of furan rings is 1. The van der Waals surface area contributed by atoms with Crippen molar-refractivity contribution in [2.45, 2.75) is 13.8 Å². The summed E-state index contributed by atoms with van der Waals surface area (Å²) in [5, 5.41) is 0. The number of aliphatic imine (C=N–C) groups is 1. The molecule has 0 amide bonds. The zero-order valence-corrected chi connectivity index (χ0v) is 8.77. The van der Waals surface area contributed by atoms with Gasteiger partial charge in [0.15, 0.2) is 11.3 Å². The normalized spacial score (nSPS) is 12.1. The monoisotopic (exact) mass is 200 g/mol. The van der Waals surface area contributed by atoms with E-state index in [1.807, 2.05) is 38.1 Å². The molecule has 2 rings (SSSR count). The van der Waals surface area contributed by atoms with E-state index >= 15 is 0 Å². The van der Waals surface area contributed by atoms with Crippen LogP contribution in [-0.2, 0) is 0 Å². The minimum Gasteiger partial charge on any atom is -0.453 e. The maximum Gasteiger partial charge on any atom is 0.155 e. The van der Waals surface area contributed by atoms with E-state index in [0.717, 1.165) is 22.5 Å². The maximum atomic E-state index is 5.63. The van der Waals surface area contributed by atoms with Gasteiger partial charge < -0.3 is 4.42 Å². The minimum atomic E-state index is 0.754. The fourth-order valence-electron chi connectivity index (χ4n) is 1.45. The predicted molar refractivity (Wildman–Crippen MR) is 62.5 cm³/mol. The van der Waals surface area contributed by atoms with Gasteiger partial charge in [0.1, 0.15) is 11.2 Å². The summed E-state index contributed by atoms with van der Waals surface area (Å²) in [6, 6.07) is 3.74. The Balaban J connectivity index is 2.74. The molecular weight excluding hydrogens is 188 g/mol. The van der Waals surface area contributed by atoms with Gasteiger partial charge in [-0.25, -0.2) is 0 Å². The zero-order valence-electron chi connectivity index (χ0n) is 8.77. The highest BCUT2D eigenvalue weighted by Crippen LogP contribution is 2.32. The van der Waals surface area contributed by atoms with Gasteiger partial charge in [-0.15, -0.1) is 0 Å². The fraction of sp³-hybridized carbons (Fsp3) is 0.167. The second-order valence-corrected chi connectivity index (χ2v) is 3.05. The molecule has 0 aromatic carbocycles. The van der Waals surface area contributed by atoms with Crippen LogP contribution in [0.15, 0.2) is 33.8 Å². The van der Waals surface area contributed by atoms with Gasteiger partial charge in [0.25, 0.3) is 0 Å². The van der Waals surface area contributed by atoms with Crippen molar-refractivity contribution in [2.75, 3.05) is 0 Å². The molecule has 0 aliphatic carbocycles. The van der Waals surface area contributed by atoms with E-state index in [4.69, 9.17) is 4.42 Å². The molecule has 76 valence electrons. The summed E-state index contributed by atoms with van der Waals surface area (Å²) >= 11 is 0. The average molecular weight is 200 g/mol. The fourth-order valence-corrected chi connectivity index (χ4v) is 1.45. The maximum absolute atomic E-state index is 5.63. The van der Waals surface area contributed by atoms with Crippen LogP contribution in [0, 0.1) is 0 Å². The van der Waals surface area contributed by atoms with Crippen LogP contribution in [0.2, 0.25) is 0 Å². The quantitative estimate of drug-likeness (QED) is 0.695. The molecule has 0 spiro atoms. The van der Waals surface area contributed by atoms with Crippen LogP contribution >= 0.6 is 0 Å². The van der Waals surface area contributed by atoms with E-state index in [1.54, 1.807) is 12.4 Å². The summed E-state index contributed by atoms with van der Waals surface area (Å²) in [4.78, 5) is 8.54. The smallest absolute Gasteiger partial charge is 0.155 e. The van der Waals surface area contributed by atoms with Crippen LogP contribution in [0.4, 0.5) is 5.69 Å². The minimum absolute atomic E-state index is 0.754. The van der Waals surface area contributed by atoms with Crippen molar-refractivity contribution in [3.8, 4) is 0 Å². The van der Waals surface area contributed by atoms with Gasteiger partial charge in [-0.3, -0.25) is 9.98 Å². The highest BCUT2D eigenvalue weighted by Gasteiger charge is 2.10. The van der Waals surface area contributed by atoms with Gasteiger partial charge >= 0.3 is 0 Å². The van der Waals surface area contributed by atoms with Crippen molar-refractivity contribution in [3.05, 3.63) is 30.2 Å². The number of rotatable bonds is 2. The molecule has 0 unspecified atom stereocenters. The van der Waals surface area contributed by atoms with Crippen LogP contribution < -0.4 is 0 Å². The van der Waals surface area contributed by atoms with Crippen molar-refractivity contribution in [1.29, 1.82) is 0 Å². The molecule has 0 N–H and O–H groups in total. The van der Waals surface area contributed by atoms with E-state index in [9.17, 15) is 0 Å². The highest BCUT2D eigenvalue weighted by atomic mass is 16.3. The summed E-state index contributed by atoms with van der Waals surface area (Å²) in [6.07, 6.45) is 7.30. The van der Waals surface area contributed by atoms with Gasteiger partial charge in [0, 0.05) is 12.4 Å². The van der Waals surface area contributed by atoms with E-state index in [0.29, 0.717) is 0 Å². The third kappa shape index (κ3) is 1.68. The largest absolute Gasteiger partial charge is 0.453 e. The molecule has 0 aliphatic heterocycles. The number of fused-ring (bicyclic) bond motifs is 1. The third-order valence-corrected chi connectivity index (χ3v) is 2.02. The van der Waals surface area contributed by atoms with Crippen LogP contribution in [0.1, 0.15) is 19.6 Å². The van der Waals surface area contributed by atoms with Crippen molar-refractivity contribution in [2.24, 2.45) is 4.99 Å². The summed E-state index contributed by atoms with van der Waals surface area (Å²) in [7, 11) is 0. The van der Waals surface area contributed by atoms with Crippen LogP contribution in [0.3, 0.4) is 0 Å². The molecule has 2 heterocycles. The Hall–Kier alpha value is -1.90. The second kappa shape index (κ2) is 4.09. The number of allylic oxidation sites excluding steroid dienone is 1. The Labute approximate surface area is 88.2 Å². The predicted octanol–water partition coefficient (Wildman–Crippen LogP) is 3.58. The molecule has 0 saturated carbocycles. The first kappa shape index (κ1) is 9.65. The Bertz CT molecular complexity index is 523. The molecule has 0 atom stereocenters. The van der Waals surface area contributed by atoms with Crippen LogP contribution in [0.5, 0.6) is 0 Å². The van der Waals surface area contributed by atoms with Crippen molar-refractivity contribution in [1.82, 2.24) is 4.98 Å². The lowest BCUT2D eigenvalue weighted by Crippen LogP contribution is -1.71. The molecule has 3 nitrogen and oxygen atoms in total. The van der Waals surface area contributed by atoms with Gasteiger partial charge in [-0.2, -0.15) is 0 Å². The summed E-state index contributed by atoms with van der Waals surface area (Å²) in [6.45, 7) is 3.82. The third-order valence-electron chi connectivity index (χ3n) is 2.02. The average Bonchev–Trinajstić information content (AvgIpc) is 2.59. The zero-order chi connectivity index (χ0) is 10.7. The molecule has 2 aromatic heterocycles. The topological polar surface area (TPSA) is 38.4 Å². The molecular formula is C12H12N2O. The number of hydrogen-bond donors (Lipinski definition) is 0. The van der Waals surface area contributed by atoms with Crippen LogP contribution in [0.25, 0.3) is 17.2 Å². The lowest BCUT2D eigenvalue weighted by molar-refractivity contribution is 0.604. The van der Waals surface area contributed by atoms with Gasteiger partial charge in [-0.05, 0) is 32.1 Å². The molecule has 2 aromatic rings. The summed E-state index contributed by atoms with van der Waals surface area (Å²) in [5.74, 6) is 0.754. The molecule has 15 heavy (non-hydrogen) atoms. The van der Waals surface area contributed by atoms with Crippen molar-refractivity contribution >= 4 is 29.1 Å². The standard InChI is InChI=1S/C12H12N2O/c1-3-6-9-11(13-4-2)12-10(15-9)7-5-8-14-12/h3-8H,1-2H3/b6-3-,13-4?. The Morgan fingerprint density at radius 2 is 2.27 bits per heavy atom. The van der Waals surface area contributed by atoms with E-state index in [1.165, 1.54) is 0 Å². The Kier molecular flexibility index (Phi) is 2.63. The molecule has 0 radical (unpaired) electrons. The van der Waals surface area contributed by atoms with Gasteiger partial charge in [0.2, 0.25) is 0 Å². The first-order valence-corrected chi connectivity index (χ1v) is 4.85. The second-order valence-electron chi connectivity index (χ2n) is 3.05. The van der Waals surface area contributed by atoms with E-state index in [2.05, 4.69) is 9.98 Å².